The third kappa shape index (κ3) is 6.29. The Balaban J connectivity index is 2.94. The number of ether oxygens (including phenoxy) is 1. The van der Waals surface area contributed by atoms with Crippen molar-refractivity contribution in [2.24, 2.45) is 5.10 Å². The van der Waals surface area contributed by atoms with Gasteiger partial charge in [0.25, 0.3) is 0 Å². The lowest BCUT2D eigenvalue weighted by Gasteiger charge is -2.19. The lowest BCUT2D eigenvalue weighted by molar-refractivity contribution is -0.135. The number of nitrogens with one attached hydrogen (secondary N) is 1. The number of carbonyl (C=O) groups excluding carboxylic acids is 1. The zero-order valence-electron chi connectivity index (χ0n) is 14.1. The minimum absolute atomic E-state index is 0.305. The SMILES string of the molecule is CCOC(=O)/C(CN(C)/C=C\NC)=N\N(C)c1ccc(N)cc1. The van der Waals surface area contributed by atoms with Crippen molar-refractivity contribution in [1.29, 1.82) is 0 Å². The van der Waals surface area contributed by atoms with Gasteiger partial charge in [0.1, 0.15) is 0 Å². The Morgan fingerprint density at radius 3 is 2.57 bits per heavy atom. The molecule has 126 valence electrons. The zero-order valence-corrected chi connectivity index (χ0v) is 14.1. The van der Waals surface area contributed by atoms with Crippen molar-refractivity contribution in [2.75, 3.05) is 45.0 Å². The van der Waals surface area contributed by atoms with E-state index in [-0.39, 0.29) is 0 Å². The van der Waals surface area contributed by atoms with Crippen LogP contribution in [0.25, 0.3) is 0 Å². The average Bonchev–Trinajstić information content (AvgIpc) is 2.53. The molecule has 0 radical (unpaired) electrons. The fourth-order valence-corrected chi connectivity index (χ4v) is 1.77. The first-order valence-electron chi connectivity index (χ1n) is 7.36. The Bertz CT molecular complexity index is 554. The second-order valence-electron chi connectivity index (χ2n) is 4.90. The number of rotatable bonds is 8. The Labute approximate surface area is 137 Å². The maximum atomic E-state index is 12.1. The van der Waals surface area contributed by atoms with Crippen LogP contribution in [0.2, 0.25) is 0 Å². The van der Waals surface area contributed by atoms with Gasteiger partial charge in [-0.3, -0.25) is 5.01 Å². The van der Waals surface area contributed by atoms with Gasteiger partial charge in [0.15, 0.2) is 5.71 Å². The van der Waals surface area contributed by atoms with E-state index in [9.17, 15) is 4.79 Å². The highest BCUT2D eigenvalue weighted by Crippen LogP contribution is 2.15. The fraction of sp³-hybridized carbons (Fsp3) is 0.375. The molecule has 0 spiro atoms. The van der Waals surface area contributed by atoms with Gasteiger partial charge in [-0.25, -0.2) is 4.79 Å². The summed E-state index contributed by atoms with van der Waals surface area (Å²) in [7, 11) is 5.43. The van der Waals surface area contributed by atoms with Gasteiger partial charge < -0.3 is 20.7 Å². The molecule has 0 fully saturated rings. The van der Waals surface area contributed by atoms with Gasteiger partial charge in [-0.2, -0.15) is 5.10 Å². The summed E-state index contributed by atoms with van der Waals surface area (Å²) in [5.74, 6) is -0.431. The van der Waals surface area contributed by atoms with Gasteiger partial charge in [-0.1, -0.05) is 0 Å². The van der Waals surface area contributed by atoms with Gasteiger partial charge >= 0.3 is 5.97 Å². The van der Waals surface area contributed by atoms with Crippen LogP contribution in [0.15, 0.2) is 41.8 Å². The summed E-state index contributed by atoms with van der Waals surface area (Å²) in [4.78, 5) is 13.9. The van der Waals surface area contributed by atoms with Crippen molar-refractivity contribution >= 4 is 23.1 Å². The second kappa shape index (κ2) is 9.34. The number of hydrogen-bond acceptors (Lipinski definition) is 7. The van der Waals surface area contributed by atoms with Gasteiger partial charge in [0.05, 0.1) is 18.8 Å². The van der Waals surface area contributed by atoms with E-state index in [0.717, 1.165) is 5.69 Å². The number of nitrogen functional groups attached to an aromatic ring is 1. The van der Waals surface area contributed by atoms with Crippen molar-refractivity contribution in [2.45, 2.75) is 6.92 Å². The number of nitrogens with zero attached hydrogens (tertiary/aromatic N) is 3. The molecule has 1 aromatic rings. The van der Waals surface area contributed by atoms with Crippen LogP contribution in [-0.2, 0) is 9.53 Å². The predicted octanol–water partition coefficient (Wildman–Crippen LogP) is 1.25. The van der Waals surface area contributed by atoms with Crippen molar-refractivity contribution in [3.05, 3.63) is 36.7 Å². The Morgan fingerprint density at radius 1 is 1.35 bits per heavy atom. The highest BCUT2D eigenvalue weighted by atomic mass is 16.5. The third-order valence-electron chi connectivity index (χ3n) is 2.94. The molecule has 0 aromatic heterocycles. The number of hydrazone groups is 1. The minimum Gasteiger partial charge on any atom is -0.461 e. The monoisotopic (exact) mass is 319 g/mol. The van der Waals surface area contributed by atoms with E-state index in [1.165, 1.54) is 0 Å². The van der Waals surface area contributed by atoms with E-state index < -0.39 is 5.97 Å². The van der Waals surface area contributed by atoms with Crippen molar-refractivity contribution in [1.82, 2.24) is 10.2 Å². The number of carbonyl (C=O) groups is 1. The molecule has 1 aromatic carbocycles. The summed E-state index contributed by atoms with van der Waals surface area (Å²) in [6, 6.07) is 7.25. The third-order valence-corrected chi connectivity index (χ3v) is 2.94. The van der Waals surface area contributed by atoms with Gasteiger partial charge in [-0.05, 0) is 31.2 Å². The van der Waals surface area contributed by atoms with Crippen molar-refractivity contribution in [3.63, 3.8) is 0 Å². The quantitative estimate of drug-likeness (QED) is 0.325. The van der Waals surface area contributed by atoms with Crippen LogP contribution in [-0.4, -0.2) is 50.9 Å². The number of esters is 1. The van der Waals surface area contributed by atoms with Crippen molar-refractivity contribution in [3.8, 4) is 0 Å². The molecule has 23 heavy (non-hydrogen) atoms. The molecule has 0 bridgehead atoms. The van der Waals surface area contributed by atoms with Crippen LogP contribution in [0.5, 0.6) is 0 Å². The summed E-state index contributed by atoms with van der Waals surface area (Å²) in [6.45, 7) is 2.40. The van der Waals surface area contributed by atoms with E-state index >= 15 is 0 Å². The van der Waals surface area contributed by atoms with Crippen LogP contribution in [0.3, 0.4) is 0 Å². The molecular weight excluding hydrogens is 294 g/mol. The largest absolute Gasteiger partial charge is 0.461 e. The normalized spacial score (nSPS) is 11.4. The predicted molar refractivity (Wildman–Crippen MR) is 94.2 cm³/mol. The summed E-state index contributed by atoms with van der Waals surface area (Å²) < 4.78 is 5.08. The maximum Gasteiger partial charge on any atom is 0.356 e. The lowest BCUT2D eigenvalue weighted by Crippen LogP contribution is -2.31. The second-order valence-corrected chi connectivity index (χ2v) is 4.90. The lowest BCUT2D eigenvalue weighted by atomic mass is 10.3. The first-order chi connectivity index (χ1) is 11.0. The molecule has 0 saturated heterocycles. The molecule has 0 unspecified atom stereocenters. The number of benzene rings is 1. The highest BCUT2D eigenvalue weighted by molar-refractivity contribution is 6.37. The van der Waals surface area contributed by atoms with E-state index in [0.29, 0.717) is 24.6 Å². The molecule has 7 nitrogen and oxygen atoms in total. The molecule has 0 heterocycles. The van der Waals surface area contributed by atoms with E-state index in [2.05, 4.69) is 10.4 Å². The summed E-state index contributed by atoms with van der Waals surface area (Å²) >= 11 is 0. The van der Waals surface area contributed by atoms with Crippen LogP contribution in [0, 0.1) is 0 Å². The fourth-order valence-electron chi connectivity index (χ4n) is 1.77. The molecule has 3 N–H and O–H groups in total. The van der Waals surface area contributed by atoms with E-state index in [4.69, 9.17) is 10.5 Å². The van der Waals surface area contributed by atoms with Crippen LogP contribution < -0.4 is 16.1 Å². The summed E-state index contributed by atoms with van der Waals surface area (Å²) in [5.41, 5.74) is 7.50. The van der Waals surface area contributed by atoms with Crippen LogP contribution in [0.1, 0.15) is 6.92 Å². The molecule has 0 saturated carbocycles. The molecular formula is C16H25N5O2. The molecule has 0 aliphatic rings. The standard InChI is InChI=1S/C16H25N5O2/c1-5-23-16(22)15(12-20(3)11-10-18-2)19-21(4)14-8-6-13(17)7-9-14/h6-11,18H,5,12,17H2,1-4H3/b11-10-,19-15-. The van der Waals surface area contributed by atoms with Crippen LogP contribution >= 0.6 is 0 Å². The maximum absolute atomic E-state index is 12.1. The van der Waals surface area contributed by atoms with Crippen molar-refractivity contribution < 1.29 is 9.53 Å². The summed E-state index contributed by atoms with van der Waals surface area (Å²) in [5, 5.41) is 8.91. The first kappa shape index (κ1) is 18.3. The molecule has 0 aliphatic heterocycles. The first-order valence-corrected chi connectivity index (χ1v) is 7.36. The Kier molecular flexibility index (Phi) is 7.45. The highest BCUT2D eigenvalue weighted by Gasteiger charge is 2.16. The number of nitrogens with two attached hydrogens (primary N) is 1. The van der Waals surface area contributed by atoms with Gasteiger partial charge in [0.2, 0.25) is 0 Å². The Morgan fingerprint density at radius 2 is 2.00 bits per heavy atom. The smallest absolute Gasteiger partial charge is 0.356 e. The zero-order chi connectivity index (χ0) is 17.2. The number of anilines is 2. The topological polar surface area (TPSA) is 83.2 Å². The van der Waals surface area contributed by atoms with E-state index in [1.807, 2.05) is 30.3 Å². The van der Waals surface area contributed by atoms with Gasteiger partial charge in [-0.15, -0.1) is 0 Å². The number of hydrogen-bond donors (Lipinski definition) is 2. The minimum atomic E-state index is -0.431. The Hall–Kier alpha value is -2.70. The molecule has 0 atom stereocenters. The molecule has 0 aliphatic carbocycles. The average molecular weight is 319 g/mol. The van der Waals surface area contributed by atoms with Crippen LogP contribution in [0.4, 0.5) is 11.4 Å². The van der Waals surface area contributed by atoms with Gasteiger partial charge in [0, 0.05) is 39.2 Å². The summed E-state index contributed by atoms with van der Waals surface area (Å²) in [6.07, 6.45) is 3.59. The van der Waals surface area contributed by atoms with E-state index in [1.54, 1.807) is 44.4 Å². The molecule has 1 rings (SSSR count). The molecule has 0 amide bonds. The molecule has 7 heteroatoms.